The topological polar surface area (TPSA) is 32.5 Å². The number of nitrogens with two attached hydrogens (primary N) is 1. The zero-order chi connectivity index (χ0) is 13.0. The number of nitrogens with zero attached hydrogens (tertiary/aromatic N) is 2. The van der Waals surface area contributed by atoms with Crippen LogP contribution in [0.4, 0.5) is 0 Å². The van der Waals surface area contributed by atoms with Gasteiger partial charge < -0.3 is 10.6 Å². The molecular weight excluding hydrogens is 222 g/mol. The van der Waals surface area contributed by atoms with E-state index >= 15 is 0 Å². The SMILES string of the molecule is CCC1CCCCCN1C1(CN)CCN(C)CC1. The van der Waals surface area contributed by atoms with Crippen LogP contribution in [0.2, 0.25) is 0 Å². The molecule has 2 rings (SSSR count). The highest BCUT2D eigenvalue weighted by molar-refractivity contribution is 4.98. The first-order chi connectivity index (χ1) is 8.72. The van der Waals surface area contributed by atoms with Crippen LogP contribution in [0.1, 0.15) is 51.9 Å². The zero-order valence-electron chi connectivity index (χ0n) is 12.3. The third-order valence-electron chi connectivity index (χ3n) is 5.26. The fourth-order valence-electron chi connectivity index (χ4n) is 3.87. The second-order valence-corrected chi connectivity index (χ2v) is 6.34. The smallest absolute Gasteiger partial charge is 0.0358 e. The first kappa shape index (κ1) is 14.3. The Morgan fingerprint density at radius 1 is 1.11 bits per heavy atom. The fourth-order valence-corrected chi connectivity index (χ4v) is 3.87. The van der Waals surface area contributed by atoms with E-state index < -0.39 is 0 Å². The summed E-state index contributed by atoms with van der Waals surface area (Å²) in [6, 6.07) is 0.777. The number of hydrogen-bond donors (Lipinski definition) is 1. The average Bonchev–Trinajstić information content (AvgIpc) is 2.65. The van der Waals surface area contributed by atoms with Crippen molar-refractivity contribution in [2.45, 2.75) is 63.5 Å². The van der Waals surface area contributed by atoms with Gasteiger partial charge in [-0.3, -0.25) is 4.90 Å². The van der Waals surface area contributed by atoms with Crippen LogP contribution >= 0.6 is 0 Å². The van der Waals surface area contributed by atoms with Gasteiger partial charge in [-0.15, -0.1) is 0 Å². The van der Waals surface area contributed by atoms with E-state index in [1.807, 2.05) is 0 Å². The van der Waals surface area contributed by atoms with Crippen molar-refractivity contribution in [1.29, 1.82) is 0 Å². The van der Waals surface area contributed by atoms with Gasteiger partial charge in [-0.05, 0) is 58.8 Å². The number of piperidine rings is 1. The molecule has 2 aliphatic heterocycles. The maximum Gasteiger partial charge on any atom is 0.0358 e. The maximum absolute atomic E-state index is 6.22. The standard InChI is InChI=1S/C15H31N3/c1-3-14-7-5-4-6-10-18(14)15(13-16)8-11-17(2)12-9-15/h14H,3-13,16H2,1-2H3. The molecule has 2 heterocycles. The molecule has 0 bridgehead atoms. The van der Waals surface area contributed by atoms with Gasteiger partial charge in [-0.1, -0.05) is 19.8 Å². The summed E-state index contributed by atoms with van der Waals surface area (Å²) in [5, 5.41) is 0. The van der Waals surface area contributed by atoms with Crippen molar-refractivity contribution >= 4 is 0 Å². The molecule has 0 aromatic carbocycles. The Morgan fingerprint density at radius 3 is 2.44 bits per heavy atom. The summed E-state index contributed by atoms with van der Waals surface area (Å²) in [5.74, 6) is 0. The van der Waals surface area contributed by atoms with Crippen molar-refractivity contribution in [3.63, 3.8) is 0 Å². The van der Waals surface area contributed by atoms with Crippen molar-refractivity contribution in [3.05, 3.63) is 0 Å². The first-order valence-electron chi connectivity index (χ1n) is 7.87. The number of rotatable bonds is 3. The molecule has 2 aliphatic rings. The predicted octanol–water partition coefficient (Wildman–Crippen LogP) is 2.06. The molecule has 0 aromatic rings. The molecule has 1 unspecified atom stereocenters. The summed E-state index contributed by atoms with van der Waals surface area (Å²) in [5.41, 5.74) is 6.53. The molecule has 0 amide bonds. The van der Waals surface area contributed by atoms with Gasteiger partial charge >= 0.3 is 0 Å². The molecule has 0 spiro atoms. The van der Waals surface area contributed by atoms with E-state index in [1.165, 1.54) is 64.6 Å². The van der Waals surface area contributed by atoms with Gasteiger partial charge in [0.2, 0.25) is 0 Å². The summed E-state index contributed by atoms with van der Waals surface area (Å²) in [6.07, 6.45) is 9.38. The maximum atomic E-state index is 6.22. The fraction of sp³-hybridized carbons (Fsp3) is 1.00. The lowest BCUT2D eigenvalue weighted by Crippen LogP contribution is -2.61. The highest BCUT2D eigenvalue weighted by atomic mass is 15.3. The molecule has 0 aliphatic carbocycles. The zero-order valence-corrected chi connectivity index (χ0v) is 12.3. The quantitative estimate of drug-likeness (QED) is 0.836. The lowest BCUT2D eigenvalue weighted by molar-refractivity contribution is 0.00197. The van der Waals surface area contributed by atoms with Crippen LogP contribution in [0.3, 0.4) is 0 Å². The van der Waals surface area contributed by atoms with Crippen LogP contribution in [0.25, 0.3) is 0 Å². The molecule has 3 heteroatoms. The van der Waals surface area contributed by atoms with Gasteiger partial charge in [0.25, 0.3) is 0 Å². The van der Waals surface area contributed by atoms with E-state index in [0.29, 0.717) is 5.54 Å². The molecule has 2 fully saturated rings. The van der Waals surface area contributed by atoms with Crippen molar-refractivity contribution in [2.75, 3.05) is 33.2 Å². The highest BCUT2D eigenvalue weighted by Gasteiger charge is 2.40. The van der Waals surface area contributed by atoms with Crippen molar-refractivity contribution in [2.24, 2.45) is 5.73 Å². The third-order valence-corrected chi connectivity index (χ3v) is 5.26. The first-order valence-corrected chi connectivity index (χ1v) is 7.87. The van der Waals surface area contributed by atoms with Gasteiger partial charge in [0.05, 0.1) is 0 Å². The second kappa shape index (κ2) is 6.36. The van der Waals surface area contributed by atoms with Crippen LogP contribution in [-0.2, 0) is 0 Å². The normalized spacial score (nSPS) is 31.2. The van der Waals surface area contributed by atoms with Crippen molar-refractivity contribution < 1.29 is 0 Å². The van der Waals surface area contributed by atoms with Crippen molar-refractivity contribution in [3.8, 4) is 0 Å². The lowest BCUT2D eigenvalue weighted by atomic mass is 9.84. The molecule has 0 radical (unpaired) electrons. The highest BCUT2D eigenvalue weighted by Crippen LogP contribution is 2.33. The summed E-state index contributed by atoms with van der Waals surface area (Å²) in [6.45, 7) is 6.90. The average molecular weight is 253 g/mol. The van der Waals surface area contributed by atoms with Crippen molar-refractivity contribution in [1.82, 2.24) is 9.80 Å². The number of hydrogen-bond acceptors (Lipinski definition) is 3. The van der Waals surface area contributed by atoms with Crippen LogP contribution in [-0.4, -0.2) is 54.6 Å². The summed E-state index contributed by atoms with van der Waals surface area (Å²) < 4.78 is 0. The molecule has 1 atom stereocenters. The van der Waals surface area contributed by atoms with E-state index in [9.17, 15) is 0 Å². The molecular formula is C15H31N3. The minimum absolute atomic E-state index is 0.303. The summed E-state index contributed by atoms with van der Waals surface area (Å²) in [7, 11) is 2.24. The van der Waals surface area contributed by atoms with Crippen LogP contribution in [0.15, 0.2) is 0 Å². The molecule has 106 valence electrons. The molecule has 0 aromatic heterocycles. The summed E-state index contributed by atoms with van der Waals surface area (Å²) in [4.78, 5) is 5.26. The number of likely N-dealkylation sites (tertiary alicyclic amines) is 2. The van der Waals surface area contributed by atoms with Crippen LogP contribution in [0, 0.1) is 0 Å². The molecule has 18 heavy (non-hydrogen) atoms. The Hall–Kier alpha value is -0.120. The monoisotopic (exact) mass is 253 g/mol. The van der Waals surface area contributed by atoms with Gasteiger partial charge in [0, 0.05) is 18.1 Å². The van der Waals surface area contributed by atoms with E-state index in [-0.39, 0.29) is 0 Å². The largest absolute Gasteiger partial charge is 0.329 e. The van der Waals surface area contributed by atoms with Gasteiger partial charge in [0.1, 0.15) is 0 Å². The van der Waals surface area contributed by atoms with Crippen LogP contribution in [0.5, 0.6) is 0 Å². The van der Waals surface area contributed by atoms with E-state index in [0.717, 1.165) is 12.6 Å². The Labute approximate surface area is 113 Å². The van der Waals surface area contributed by atoms with Crippen LogP contribution < -0.4 is 5.73 Å². The Morgan fingerprint density at radius 2 is 1.83 bits per heavy atom. The Kier molecular flexibility index (Phi) is 5.05. The Balaban J connectivity index is 2.13. The van der Waals surface area contributed by atoms with E-state index in [2.05, 4.69) is 23.8 Å². The molecule has 0 saturated carbocycles. The Bertz CT molecular complexity index is 246. The molecule has 2 N–H and O–H groups in total. The van der Waals surface area contributed by atoms with Gasteiger partial charge in [-0.25, -0.2) is 0 Å². The minimum atomic E-state index is 0.303. The second-order valence-electron chi connectivity index (χ2n) is 6.34. The summed E-state index contributed by atoms with van der Waals surface area (Å²) >= 11 is 0. The predicted molar refractivity (Wildman–Crippen MR) is 77.8 cm³/mol. The minimum Gasteiger partial charge on any atom is -0.329 e. The lowest BCUT2D eigenvalue weighted by Gasteiger charge is -2.50. The van der Waals surface area contributed by atoms with E-state index in [1.54, 1.807) is 0 Å². The third kappa shape index (κ3) is 2.89. The molecule has 2 saturated heterocycles. The van der Waals surface area contributed by atoms with Gasteiger partial charge in [-0.2, -0.15) is 0 Å². The van der Waals surface area contributed by atoms with E-state index in [4.69, 9.17) is 5.73 Å². The molecule has 3 nitrogen and oxygen atoms in total. The van der Waals surface area contributed by atoms with Gasteiger partial charge in [0.15, 0.2) is 0 Å².